The third-order valence-corrected chi connectivity index (χ3v) is 7.48. The highest BCUT2D eigenvalue weighted by Gasteiger charge is 2.61. The average molecular weight is 372 g/mol. The minimum absolute atomic E-state index is 0.0663. The zero-order valence-corrected chi connectivity index (χ0v) is 16.3. The van der Waals surface area contributed by atoms with Gasteiger partial charge in [0.1, 0.15) is 12.7 Å². The third kappa shape index (κ3) is 2.82. The minimum atomic E-state index is -0.337. The van der Waals surface area contributed by atoms with Gasteiger partial charge in [0, 0.05) is 23.5 Å². The molecule has 2 aliphatic carbocycles. The zero-order valence-electron chi connectivity index (χ0n) is 16.3. The Morgan fingerprint density at radius 2 is 2.22 bits per heavy atom. The van der Waals surface area contributed by atoms with Crippen LogP contribution in [0.2, 0.25) is 0 Å². The average Bonchev–Trinajstić information content (AvgIpc) is 3.27. The highest BCUT2D eigenvalue weighted by atomic mass is 16.5. The topological polar surface area (TPSA) is 65.7 Å². The lowest BCUT2D eigenvalue weighted by atomic mass is 9.46. The molecule has 0 amide bonds. The summed E-state index contributed by atoms with van der Waals surface area (Å²) in [6, 6.07) is 1.87. The molecule has 0 N–H and O–H groups in total. The largest absolute Gasteiger partial charge is 0.472 e. The number of hydrogen-bond donors (Lipinski definition) is 0. The van der Waals surface area contributed by atoms with Crippen LogP contribution < -0.4 is 0 Å². The second-order valence-corrected chi connectivity index (χ2v) is 8.78. The number of carbonyl (C=O) groups is 2. The van der Waals surface area contributed by atoms with Crippen molar-refractivity contribution in [3.8, 4) is 0 Å². The van der Waals surface area contributed by atoms with Crippen molar-refractivity contribution in [2.24, 2.45) is 22.7 Å². The molecule has 0 unspecified atom stereocenters. The maximum absolute atomic E-state index is 12.3. The van der Waals surface area contributed by atoms with Gasteiger partial charge in [-0.2, -0.15) is 0 Å². The Balaban J connectivity index is 1.70. The van der Waals surface area contributed by atoms with Crippen molar-refractivity contribution in [1.82, 2.24) is 0 Å². The lowest BCUT2D eigenvalue weighted by molar-refractivity contribution is -0.153. The molecule has 2 heterocycles. The summed E-state index contributed by atoms with van der Waals surface area (Å²) in [6.07, 6.45) is 9.75. The van der Waals surface area contributed by atoms with Crippen molar-refractivity contribution in [3.63, 3.8) is 0 Å². The summed E-state index contributed by atoms with van der Waals surface area (Å²) in [5.41, 5.74) is 1.55. The van der Waals surface area contributed by atoms with E-state index in [1.807, 2.05) is 6.07 Å². The van der Waals surface area contributed by atoms with Crippen molar-refractivity contribution < 1.29 is 23.5 Å². The van der Waals surface area contributed by atoms with Gasteiger partial charge in [0.25, 0.3) is 0 Å². The van der Waals surface area contributed by atoms with Crippen LogP contribution >= 0.6 is 0 Å². The first-order valence-electron chi connectivity index (χ1n) is 9.94. The predicted molar refractivity (Wildman–Crippen MR) is 98.5 cm³/mol. The number of rotatable bonds is 4. The van der Waals surface area contributed by atoms with Crippen LogP contribution in [0.3, 0.4) is 0 Å². The summed E-state index contributed by atoms with van der Waals surface area (Å²) in [4.78, 5) is 24.1. The second-order valence-electron chi connectivity index (χ2n) is 8.78. The number of hydrogen-bond acceptors (Lipinski definition) is 5. The Bertz CT molecular complexity index is 764. The van der Waals surface area contributed by atoms with E-state index in [0.717, 1.165) is 43.2 Å². The third-order valence-electron chi connectivity index (χ3n) is 7.48. The van der Waals surface area contributed by atoms with Gasteiger partial charge in [0.2, 0.25) is 0 Å². The van der Waals surface area contributed by atoms with Gasteiger partial charge in [-0.15, -0.1) is 0 Å². The van der Waals surface area contributed by atoms with Crippen molar-refractivity contribution in [3.05, 3.63) is 35.8 Å². The fourth-order valence-corrected chi connectivity index (χ4v) is 5.92. The van der Waals surface area contributed by atoms with Gasteiger partial charge in [0.05, 0.1) is 12.5 Å². The molecule has 5 heteroatoms. The highest BCUT2D eigenvalue weighted by Crippen LogP contribution is 2.64. The molecule has 3 aliphatic rings. The lowest BCUT2D eigenvalue weighted by Gasteiger charge is -2.57. The molecule has 5 atom stereocenters. The molecule has 1 saturated heterocycles. The molecule has 146 valence electrons. The number of esters is 2. The summed E-state index contributed by atoms with van der Waals surface area (Å²) >= 11 is 0. The molecule has 2 fully saturated rings. The molecule has 0 aromatic carbocycles. The Labute approximate surface area is 160 Å². The van der Waals surface area contributed by atoms with Crippen LogP contribution in [-0.4, -0.2) is 18.5 Å². The standard InChI is InChI=1S/C22H28O5/c1-14-7-9-22-13-26-20(24)17(22)5-4-6-19(22)21(14,3)11-18(27-15(2)23)16-8-10-25-12-16/h5,8,10,12,14,18-19H,4,6-7,9,11,13H2,1-3H3/t14-,18-,19+,21+,22-/m1/s1. The molecule has 27 heavy (non-hydrogen) atoms. The van der Waals surface area contributed by atoms with E-state index in [1.54, 1.807) is 12.5 Å². The van der Waals surface area contributed by atoms with E-state index in [1.165, 1.54) is 6.92 Å². The van der Waals surface area contributed by atoms with E-state index < -0.39 is 0 Å². The Morgan fingerprint density at radius 3 is 2.93 bits per heavy atom. The summed E-state index contributed by atoms with van der Waals surface area (Å²) in [5.74, 6) is 0.382. The van der Waals surface area contributed by atoms with Crippen molar-refractivity contribution in [1.29, 1.82) is 0 Å². The maximum Gasteiger partial charge on any atom is 0.334 e. The van der Waals surface area contributed by atoms with E-state index in [4.69, 9.17) is 13.9 Å². The van der Waals surface area contributed by atoms with Crippen molar-refractivity contribution in [2.45, 2.75) is 59.0 Å². The molecule has 1 spiro atoms. The van der Waals surface area contributed by atoms with Crippen LogP contribution in [-0.2, 0) is 19.1 Å². The number of allylic oxidation sites excluding steroid dienone is 1. The minimum Gasteiger partial charge on any atom is -0.472 e. The summed E-state index contributed by atoms with van der Waals surface area (Å²) in [6.45, 7) is 6.55. The molecule has 1 aliphatic heterocycles. The van der Waals surface area contributed by atoms with Crippen LogP contribution in [0.5, 0.6) is 0 Å². The number of cyclic esters (lactones) is 1. The second kappa shape index (κ2) is 6.54. The number of ether oxygens (including phenoxy) is 2. The van der Waals surface area contributed by atoms with E-state index in [0.29, 0.717) is 18.4 Å². The van der Waals surface area contributed by atoms with Crippen LogP contribution in [0.1, 0.15) is 64.5 Å². The van der Waals surface area contributed by atoms with Crippen LogP contribution in [0, 0.1) is 22.7 Å². The van der Waals surface area contributed by atoms with Gasteiger partial charge in [-0.05, 0) is 55.4 Å². The summed E-state index contributed by atoms with van der Waals surface area (Å²) in [7, 11) is 0. The van der Waals surface area contributed by atoms with Gasteiger partial charge in [-0.3, -0.25) is 4.79 Å². The first kappa shape index (κ1) is 18.3. The molecule has 0 bridgehead atoms. The van der Waals surface area contributed by atoms with Gasteiger partial charge in [-0.1, -0.05) is 19.9 Å². The SMILES string of the molecule is CC(=O)O[C@H](C[C@@]1(C)[C@H](C)CC[C@@]23COC(=O)C2=CCC[C@H]31)c1ccoc1. The monoisotopic (exact) mass is 372 g/mol. The van der Waals surface area contributed by atoms with Crippen LogP contribution in [0.15, 0.2) is 34.7 Å². The Hall–Kier alpha value is -2.04. The fourth-order valence-electron chi connectivity index (χ4n) is 5.92. The van der Waals surface area contributed by atoms with E-state index in [9.17, 15) is 9.59 Å². The Morgan fingerprint density at radius 1 is 1.41 bits per heavy atom. The number of carbonyl (C=O) groups excluding carboxylic acids is 2. The molecule has 4 rings (SSSR count). The highest BCUT2D eigenvalue weighted by molar-refractivity contribution is 5.92. The van der Waals surface area contributed by atoms with Gasteiger partial charge >= 0.3 is 11.9 Å². The van der Waals surface area contributed by atoms with E-state index in [-0.39, 0.29) is 28.9 Å². The van der Waals surface area contributed by atoms with Crippen LogP contribution in [0.25, 0.3) is 0 Å². The van der Waals surface area contributed by atoms with Crippen LogP contribution in [0.4, 0.5) is 0 Å². The maximum atomic E-state index is 12.3. The zero-order chi connectivity index (χ0) is 19.2. The molecular weight excluding hydrogens is 344 g/mol. The molecule has 1 aromatic heterocycles. The molecular formula is C22H28O5. The van der Waals surface area contributed by atoms with Gasteiger partial charge in [0.15, 0.2) is 0 Å². The first-order valence-corrected chi connectivity index (χ1v) is 9.94. The summed E-state index contributed by atoms with van der Waals surface area (Å²) < 4.78 is 16.5. The smallest absolute Gasteiger partial charge is 0.334 e. The molecule has 1 aromatic rings. The van der Waals surface area contributed by atoms with Crippen molar-refractivity contribution >= 4 is 11.9 Å². The Kier molecular flexibility index (Phi) is 4.44. The molecule has 0 radical (unpaired) electrons. The lowest BCUT2D eigenvalue weighted by Crippen LogP contribution is -2.52. The van der Waals surface area contributed by atoms with Gasteiger partial charge < -0.3 is 13.9 Å². The summed E-state index contributed by atoms with van der Waals surface area (Å²) in [5, 5.41) is 0. The van der Waals surface area contributed by atoms with Gasteiger partial charge in [-0.25, -0.2) is 4.79 Å². The quantitative estimate of drug-likeness (QED) is 0.723. The fraction of sp³-hybridized carbons (Fsp3) is 0.636. The predicted octanol–water partition coefficient (Wildman–Crippen LogP) is 4.59. The molecule has 5 nitrogen and oxygen atoms in total. The first-order chi connectivity index (χ1) is 12.9. The number of furan rings is 1. The van der Waals surface area contributed by atoms with E-state index in [2.05, 4.69) is 19.9 Å². The van der Waals surface area contributed by atoms with E-state index >= 15 is 0 Å². The van der Waals surface area contributed by atoms with Crippen molar-refractivity contribution in [2.75, 3.05) is 6.61 Å². The molecule has 1 saturated carbocycles. The normalized spacial score (nSPS) is 36.3.